The van der Waals surface area contributed by atoms with E-state index < -0.39 is 0 Å². The highest BCUT2D eigenvalue weighted by Crippen LogP contribution is 2.14. The largest absolute Gasteiger partial charge is 0.374 e. The molecule has 0 bridgehead atoms. The maximum Gasteiger partial charge on any atom is 0.165 e. The second-order valence-corrected chi connectivity index (χ2v) is 4.34. The van der Waals surface area contributed by atoms with E-state index in [0.29, 0.717) is 13.0 Å². The van der Waals surface area contributed by atoms with Crippen LogP contribution in [0.2, 0.25) is 0 Å². The number of fused-ring (bicyclic) bond motifs is 1. The molecule has 1 heterocycles. The van der Waals surface area contributed by atoms with Gasteiger partial charge in [-0.3, -0.25) is 4.79 Å². The third-order valence-corrected chi connectivity index (χ3v) is 2.85. The van der Waals surface area contributed by atoms with Gasteiger partial charge in [0.1, 0.15) is 12.4 Å². The van der Waals surface area contributed by atoms with Crippen molar-refractivity contribution < 1.29 is 9.53 Å². The Balaban J connectivity index is 2.07. The standard InChI is InChI=1S/C14H18N2O2/c1-3-8-18-10-11(17)9-14-15-12-6-4-5-7-13(12)16(14)2/h4-7H,3,8-10H2,1-2H3. The molecule has 0 aliphatic heterocycles. The second-order valence-electron chi connectivity index (χ2n) is 4.34. The van der Waals surface area contributed by atoms with E-state index in [0.717, 1.165) is 23.3 Å². The molecular weight excluding hydrogens is 228 g/mol. The van der Waals surface area contributed by atoms with E-state index >= 15 is 0 Å². The molecule has 0 fully saturated rings. The molecular formula is C14H18N2O2. The number of nitrogens with zero attached hydrogens (tertiary/aromatic N) is 2. The van der Waals surface area contributed by atoms with Crippen LogP contribution in [0.3, 0.4) is 0 Å². The number of hydrogen-bond donors (Lipinski definition) is 0. The molecule has 0 saturated heterocycles. The number of aryl methyl sites for hydroxylation is 1. The fourth-order valence-electron chi connectivity index (χ4n) is 1.91. The maximum absolute atomic E-state index is 11.7. The van der Waals surface area contributed by atoms with E-state index in [1.807, 2.05) is 42.8 Å². The van der Waals surface area contributed by atoms with Gasteiger partial charge in [0.2, 0.25) is 0 Å². The first-order valence-electron chi connectivity index (χ1n) is 6.22. The van der Waals surface area contributed by atoms with Crippen molar-refractivity contribution in [2.75, 3.05) is 13.2 Å². The minimum Gasteiger partial charge on any atom is -0.374 e. The van der Waals surface area contributed by atoms with Gasteiger partial charge in [-0.1, -0.05) is 19.1 Å². The summed E-state index contributed by atoms with van der Waals surface area (Å²) >= 11 is 0. The van der Waals surface area contributed by atoms with Crippen LogP contribution in [0.15, 0.2) is 24.3 Å². The van der Waals surface area contributed by atoms with Gasteiger partial charge in [0, 0.05) is 13.7 Å². The first-order valence-corrected chi connectivity index (χ1v) is 6.22. The number of carbonyl (C=O) groups excluding carboxylic acids is 1. The smallest absolute Gasteiger partial charge is 0.165 e. The molecule has 4 nitrogen and oxygen atoms in total. The quantitative estimate of drug-likeness (QED) is 0.733. The molecule has 4 heteroatoms. The highest BCUT2D eigenvalue weighted by Gasteiger charge is 2.11. The molecule has 1 aromatic carbocycles. The Bertz CT molecular complexity index is 546. The van der Waals surface area contributed by atoms with Crippen molar-refractivity contribution in [1.29, 1.82) is 0 Å². The van der Waals surface area contributed by atoms with E-state index in [9.17, 15) is 4.79 Å². The van der Waals surface area contributed by atoms with Crippen molar-refractivity contribution >= 4 is 16.8 Å². The Labute approximate surface area is 107 Å². The molecule has 0 unspecified atom stereocenters. The fourth-order valence-corrected chi connectivity index (χ4v) is 1.91. The van der Waals surface area contributed by atoms with E-state index in [1.54, 1.807) is 0 Å². The number of ether oxygens (including phenoxy) is 1. The van der Waals surface area contributed by atoms with Crippen LogP contribution in [0.4, 0.5) is 0 Å². The first-order chi connectivity index (χ1) is 8.72. The zero-order chi connectivity index (χ0) is 13.0. The molecule has 0 amide bonds. The first kappa shape index (κ1) is 12.8. The molecule has 0 radical (unpaired) electrons. The van der Waals surface area contributed by atoms with E-state index in [1.165, 1.54) is 0 Å². The van der Waals surface area contributed by atoms with Crippen LogP contribution in [0.1, 0.15) is 19.2 Å². The van der Waals surface area contributed by atoms with Gasteiger partial charge in [-0.2, -0.15) is 0 Å². The van der Waals surface area contributed by atoms with Crippen LogP contribution in [0.5, 0.6) is 0 Å². The van der Waals surface area contributed by atoms with Gasteiger partial charge in [0.25, 0.3) is 0 Å². The summed E-state index contributed by atoms with van der Waals surface area (Å²) in [6.07, 6.45) is 1.26. The summed E-state index contributed by atoms with van der Waals surface area (Å²) in [6, 6.07) is 7.88. The summed E-state index contributed by atoms with van der Waals surface area (Å²) in [5, 5.41) is 0. The number of Topliss-reactive ketones (excluding diaryl/α,β-unsaturated/α-hetero) is 1. The van der Waals surface area contributed by atoms with Crippen molar-refractivity contribution in [2.24, 2.45) is 7.05 Å². The average molecular weight is 246 g/mol. The van der Waals surface area contributed by atoms with Gasteiger partial charge in [-0.05, 0) is 18.6 Å². The summed E-state index contributed by atoms with van der Waals surface area (Å²) in [4.78, 5) is 16.2. The van der Waals surface area contributed by atoms with E-state index in [-0.39, 0.29) is 12.4 Å². The molecule has 96 valence electrons. The average Bonchev–Trinajstić information content (AvgIpc) is 2.67. The minimum atomic E-state index is 0.0712. The molecule has 2 aromatic rings. The van der Waals surface area contributed by atoms with Crippen molar-refractivity contribution in [1.82, 2.24) is 9.55 Å². The lowest BCUT2D eigenvalue weighted by atomic mass is 10.3. The van der Waals surface area contributed by atoms with Gasteiger partial charge in [-0.15, -0.1) is 0 Å². The third-order valence-electron chi connectivity index (χ3n) is 2.85. The molecule has 0 spiro atoms. The summed E-state index contributed by atoms with van der Waals surface area (Å²) in [5.41, 5.74) is 1.98. The number of rotatable bonds is 6. The summed E-state index contributed by atoms with van der Waals surface area (Å²) in [7, 11) is 1.94. The van der Waals surface area contributed by atoms with Gasteiger partial charge in [0.05, 0.1) is 17.5 Å². The lowest BCUT2D eigenvalue weighted by Gasteiger charge is -2.03. The van der Waals surface area contributed by atoms with Crippen molar-refractivity contribution in [2.45, 2.75) is 19.8 Å². The molecule has 0 saturated carbocycles. The van der Waals surface area contributed by atoms with Crippen molar-refractivity contribution in [3.63, 3.8) is 0 Å². The number of benzene rings is 1. The molecule has 0 aliphatic rings. The number of hydrogen-bond acceptors (Lipinski definition) is 3. The SMILES string of the molecule is CCCOCC(=O)Cc1nc2ccccc2n1C. The Kier molecular flexibility index (Phi) is 4.10. The Morgan fingerprint density at radius 2 is 2.17 bits per heavy atom. The minimum absolute atomic E-state index is 0.0712. The monoisotopic (exact) mass is 246 g/mol. The highest BCUT2D eigenvalue weighted by molar-refractivity contribution is 5.83. The Morgan fingerprint density at radius 3 is 2.89 bits per heavy atom. The van der Waals surface area contributed by atoms with Crippen LogP contribution < -0.4 is 0 Å². The fraction of sp³-hybridized carbons (Fsp3) is 0.429. The van der Waals surface area contributed by atoms with Crippen molar-refractivity contribution in [3.05, 3.63) is 30.1 Å². The summed E-state index contributed by atoms with van der Waals surface area (Å²) < 4.78 is 7.21. The molecule has 2 rings (SSSR count). The number of imidazole rings is 1. The lowest BCUT2D eigenvalue weighted by Crippen LogP contribution is -2.14. The second kappa shape index (κ2) is 5.78. The number of para-hydroxylation sites is 2. The molecule has 0 atom stereocenters. The van der Waals surface area contributed by atoms with Gasteiger partial charge >= 0.3 is 0 Å². The summed E-state index contributed by atoms with van der Waals surface area (Å²) in [5.74, 6) is 0.864. The Hall–Kier alpha value is -1.68. The van der Waals surface area contributed by atoms with Gasteiger partial charge in [-0.25, -0.2) is 4.98 Å². The van der Waals surface area contributed by atoms with Crippen LogP contribution in [0.25, 0.3) is 11.0 Å². The molecule has 18 heavy (non-hydrogen) atoms. The Morgan fingerprint density at radius 1 is 1.39 bits per heavy atom. The van der Waals surface area contributed by atoms with Gasteiger partial charge < -0.3 is 9.30 Å². The predicted molar refractivity (Wildman–Crippen MR) is 70.5 cm³/mol. The van der Waals surface area contributed by atoms with Crippen LogP contribution in [-0.4, -0.2) is 28.5 Å². The topological polar surface area (TPSA) is 44.1 Å². The van der Waals surface area contributed by atoms with Crippen LogP contribution >= 0.6 is 0 Å². The van der Waals surface area contributed by atoms with Crippen LogP contribution in [0, 0.1) is 0 Å². The maximum atomic E-state index is 11.7. The van der Waals surface area contributed by atoms with Gasteiger partial charge in [0.15, 0.2) is 5.78 Å². The van der Waals surface area contributed by atoms with E-state index in [4.69, 9.17) is 4.74 Å². The van der Waals surface area contributed by atoms with Crippen LogP contribution in [-0.2, 0) is 23.0 Å². The summed E-state index contributed by atoms with van der Waals surface area (Å²) in [6.45, 7) is 2.83. The molecule has 1 aromatic heterocycles. The molecule has 0 N–H and O–H groups in total. The number of aromatic nitrogens is 2. The number of ketones is 1. The third kappa shape index (κ3) is 2.76. The van der Waals surface area contributed by atoms with Crippen molar-refractivity contribution in [3.8, 4) is 0 Å². The normalized spacial score (nSPS) is 11.0. The number of carbonyl (C=O) groups is 1. The zero-order valence-corrected chi connectivity index (χ0v) is 10.8. The predicted octanol–water partition coefficient (Wildman–Crippen LogP) is 2.11. The zero-order valence-electron chi connectivity index (χ0n) is 10.8. The molecule has 0 aliphatic carbocycles. The lowest BCUT2D eigenvalue weighted by molar-refractivity contribution is -0.123. The van der Waals surface area contributed by atoms with E-state index in [2.05, 4.69) is 4.98 Å². The highest BCUT2D eigenvalue weighted by atomic mass is 16.5.